The van der Waals surface area contributed by atoms with Gasteiger partial charge in [0.05, 0.1) is 6.61 Å². The first-order valence-corrected chi connectivity index (χ1v) is 9.91. The van der Waals surface area contributed by atoms with Gasteiger partial charge in [0, 0.05) is 20.9 Å². The van der Waals surface area contributed by atoms with E-state index in [9.17, 15) is 4.79 Å². The number of hydrogen-bond donors (Lipinski definition) is 0. The molecule has 0 bridgehead atoms. The molecule has 0 amide bonds. The molecule has 1 aromatic rings. The van der Waals surface area contributed by atoms with Crippen LogP contribution in [0.1, 0.15) is 17.4 Å². The number of hydrogen-bond acceptors (Lipinski definition) is 4. The van der Waals surface area contributed by atoms with Crippen molar-refractivity contribution in [2.45, 2.75) is 39.3 Å². The third-order valence-corrected chi connectivity index (χ3v) is 4.12. The molecule has 5 nitrogen and oxygen atoms in total. The Morgan fingerprint density at radius 2 is 2.17 bits per heavy atom. The second-order valence-electron chi connectivity index (χ2n) is 5.28. The van der Waals surface area contributed by atoms with Crippen molar-refractivity contribution in [2.75, 3.05) is 13.2 Å². The van der Waals surface area contributed by atoms with E-state index in [2.05, 4.69) is 24.7 Å². The monoisotopic (exact) mass is 270 g/mol. The zero-order valence-electron chi connectivity index (χ0n) is 11.6. The predicted octanol–water partition coefficient (Wildman–Crippen LogP) is 2.37. The van der Waals surface area contributed by atoms with Gasteiger partial charge in [-0.2, -0.15) is 5.10 Å². The minimum atomic E-state index is -1.07. The molecule has 102 valence electrons. The lowest BCUT2D eigenvalue weighted by Gasteiger charge is -2.15. The number of carbonyl (C=O) groups is 1. The average Bonchev–Trinajstić information content (AvgIpc) is 2.71. The molecular weight excluding hydrogens is 248 g/mol. The van der Waals surface area contributed by atoms with Crippen LogP contribution in [0.5, 0.6) is 0 Å². The summed E-state index contributed by atoms with van der Waals surface area (Å²) < 4.78 is 12.0. The van der Waals surface area contributed by atoms with Gasteiger partial charge in [0.25, 0.3) is 0 Å². The molecule has 0 spiro atoms. The van der Waals surface area contributed by atoms with E-state index in [4.69, 9.17) is 9.47 Å². The van der Waals surface area contributed by atoms with Gasteiger partial charge in [-0.3, -0.25) is 0 Å². The van der Waals surface area contributed by atoms with Gasteiger partial charge in [0.1, 0.15) is 12.4 Å². The number of esters is 1. The molecule has 0 N–H and O–H groups in total. The van der Waals surface area contributed by atoms with Crippen molar-refractivity contribution >= 4 is 14.0 Å². The van der Waals surface area contributed by atoms with Gasteiger partial charge in [-0.05, 0) is 19.0 Å². The Hall–Kier alpha value is -1.14. The zero-order chi connectivity index (χ0) is 13.6. The van der Waals surface area contributed by atoms with E-state index in [0.29, 0.717) is 25.6 Å². The first-order valence-electron chi connectivity index (χ1n) is 6.20. The second-order valence-corrected chi connectivity index (χ2v) is 10.9. The Kier molecular flexibility index (Phi) is 5.55. The Balaban J connectivity index is 2.43. The molecule has 0 aromatic carbocycles. The van der Waals surface area contributed by atoms with E-state index in [1.54, 1.807) is 19.2 Å². The molecule has 0 saturated heterocycles. The van der Waals surface area contributed by atoms with Crippen molar-refractivity contribution < 1.29 is 14.3 Å². The molecule has 0 radical (unpaired) electrons. The van der Waals surface area contributed by atoms with Crippen molar-refractivity contribution in [3.8, 4) is 0 Å². The predicted molar refractivity (Wildman–Crippen MR) is 72.3 cm³/mol. The Labute approximate surface area is 109 Å². The fourth-order valence-corrected chi connectivity index (χ4v) is 2.10. The molecule has 0 fully saturated rings. The number of ether oxygens (including phenoxy) is 2. The summed E-state index contributed by atoms with van der Waals surface area (Å²) in [6.07, 6.45) is 1.58. The number of nitrogens with zero attached hydrogens (tertiary/aromatic N) is 2. The van der Waals surface area contributed by atoms with Crippen LogP contribution in [0.25, 0.3) is 0 Å². The first kappa shape index (κ1) is 14.9. The van der Waals surface area contributed by atoms with Gasteiger partial charge in [0.15, 0.2) is 0 Å². The van der Waals surface area contributed by atoms with E-state index in [-0.39, 0.29) is 5.97 Å². The van der Waals surface area contributed by atoms with Gasteiger partial charge in [0.2, 0.25) is 0 Å². The maximum absolute atomic E-state index is 11.6. The van der Waals surface area contributed by atoms with Crippen LogP contribution in [0.15, 0.2) is 12.3 Å². The number of rotatable bonds is 7. The maximum atomic E-state index is 11.6. The molecule has 0 unspecified atom stereocenters. The molecule has 0 aliphatic rings. The van der Waals surface area contributed by atoms with Crippen molar-refractivity contribution in [3.63, 3.8) is 0 Å². The average molecular weight is 270 g/mol. The fourth-order valence-electron chi connectivity index (χ4n) is 1.34. The molecule has 1 rings (SSSR count). The molecule has 0 saturated carbocycles. The molecule has 18 heavy (non-hydrogen) atoms. The summed E-state index contributed by atoms with van der Waals surface area (Å²) in [5, 5.41) is 4.06. The van der Waals surface area contributed by atoms with Crippen LogP contribution >= 0.6 is 0 Å². The van der Waals surface area contributed by atoms with E-state index < -0.39 is 8.07 Å². The van der Waals surface area contributed by atoms with E-state index in [1.807, 2.05) is 0 Å². The van der Waals surface area contributed by atoms with Crippen molar-refractivity contribution in [1.82, 2.24) is 9.78 Å². The van der Waals surface area contributed by atoms with E-state index in [1.165, 1.54) is 4.68 Å². The molecule has 0 aliphatic carbocycles. The van der Waals surface area contributed by atoms with Gasteiger partial charge in [-0.1, -0.05) is 19.6 Å². The molecular formula is C12H22N2O3Si. The highest BCUT2D eigenvalue weighted by Crippen LogP contribution is 2.08. The minimum Gasteiger partial charge on any atom is -0.461 e. The normalized spacial score (nSPS) is 11.6. The van der Waals surface area contributed by atoms with Crippen LogP contribution in [0.4, 0.5) is 0 Å². The zero-order valence-corrected chi connectivity index (χ0v) is 12.6. The van der Waals surface area contributed by atoms with Crippen LogP contribution in [0.3, 0.4) is 0 Å². The molecule has 0 aliphatic heterocycles. The first-order chi connectivity index (χ1) is 8.44. The highest BCUT2D eigenvalue weighted by molar-refractivity contribution is 6.76. The molecule has 0 atom stereocenters. The van der Waals surface area contributed by atoms with Gasteiger partial charge in [-0.15, -0.1) is 0 Å². The third kappa shape index (κ3) is 5.01. The van der Waals surface area contributed by atoms with Crippen LogP contribution in [-0.4, -0.2) is 37.0 Å². The van der Waals surface area contributed by atoms with E-state index in [0.717, 1.165) is 6.04 Å². The summed E-state index contributed by atoms with van der Waals surface area (Å²) in [5.74, 6) is -0.358. The highest BCUT2D eigenvalue weighted by Gasteiger charge is 2.14. The summed E-state index contributed by atoms with van der Waals surface area (Å²) in [5.41, 5.74) is 0.435. The van der Waals surface area contributed by atoms with Gasteiger partial charge >= 0.3 is 5.97 Å². The topological polar surface area (TPSA) is 53.3 Å². The maximum Gasteiger partial charge on any atom is 0.356 e. The lowest BCUT2D eigenvalue weighted by atomic mass is 10.4. The molecule has 1 heterocycles. The van der Waals surface area contributed by atoms with Gasteiger partial charge in [-0.25, -0.2) is 9.48 Å². The molecule has 6 heteroatoms. The second kappa shape index (κ2) is 6.70. The smallest absolute Gasteiger partial charge is 0.356 e. The summed E-state index contributed by atoms with van der Waals surface area (Å²) >= 11 is 0. The number of carbonyl (C=O) groups excluding carboxylic acids is 1. The number of aromatic nitrogens is 2. The summed E-state index contributed by atoms with van der Waals surface area (Å²) in [6.45, 7) is 10.0. The summed E-state index contributed by atoms with van der Waals surface area (Å²) in [7, 11) is -1.07. The van der Waals surface area contributed by atoms with Crippen molar-refractivity contribution in [3.05, 3.63) is 18.0 Å². The van der Waals surface area contributed by atoms with E-state index >= 15 is 0 Å². The van der Waals surface area contributed by atoms with Crippen LogP contribution in [0, 0.1) is 0 Å². The largest absolute Gasteiger partial charge is 0.461 e. The standard InChI is InChI=1S/C12H22N2O3Si/c1-5-17-12(15)11-6-7-13-14(11)10-16-8-9-18(2,3)4/h6-7H,5,8-10H2,1-4H3. The third-order valence-electron chi connectivity index (χ3n) is 2.41. The van der Waals surface area contributed by atoms with Crippen LogP contribution < -0.4 is 0 Å². The SMILES string of the molecule is CCOC(=O)c1ccnn1COCC[Si](C)(C)C. The summed E-state index contributed by atoms with van der Waals surface area (Å²) in [6, 6.07) is 2.74. The lowest BCUT2D eigenvalue weighted by molar-refractivity contribution is 0.0455. The summed E-state index contributed by atoms with van der Waals surface area (Å²) in [4.78, 5) is 11.6. The lowest BCUT2D eigenvalue weighted by Crippen LogP contribution is -2.22. The minimum absolute atomic E-state index is 0.297. The Bertz CT molecular complexity index is 385. The Morgan fingerprint density at radius 3 is 2.78 bits per heavy atom. The fraction of sp³-hybridized carbons (Fsp3) is 0.667. The highest BCUT2D eigenvalue weighted by atomic mass is 28.3. The van der Waals surface area contributed by atoms with Crippen LogP contribution in [0.2, 0.25) is 25.7 Å². The van der Waals surface area contributed by atoms with Gasteiger partial charge < -0.3 is 9.47 Å². The quantitative estimate of drug-likeness (QED) is 0.433. The van der Waals surface area contributed by atoms with Crippen molar-refractivity contribution in [1.29, 1.82) is 0 Å². The van der Waals surface area contributed by atoms with Crippen molar-refractivity contribution in [2.24, 2.45) is 0 Å². The molecule has 1 aromatic heterocycles. The Morgan fingerprint density at radius 1 is 1.44 bits per heavy atom. The van der Waals surface area contributed by atoms with Crippen LogP contribution in [-0.2, 0) is 16.2 Å².